The van der Waals surface area contributed by atoms with E-state index in [4.69, 9.17) is 43.2 Å². The predicted octanol–water partition coefficient (Wildman–Crippen LogP) is 4.40. The van der Waals surface area contributed by atoms with Gasteiger partial charge in [0.2, 0.25) is 0 Å². The SMILES string of the molecule is Cc1cc(C(=O)O)cc(S(=O)(=O)O)c1.Cc1cc(C)cc(S(=O)(=O)O)c1.Cc1cc(C=O)cc(S(=O)(=O)O)c1.Cc1cc(CO)cc(S(=O)(=O)O)c1.O=C(O)c1cc(CO)cc(S(=O)(=O)O)c1. The highest BCUT2D eigenvalue weighted by atomic mass is 32.2. The zero-order valence-electron chi connectivity index (χ0n) is 35.5. The molecule has 0 radical (unpaired) electrons. The van der Waals surface area contributed by atoms with Gasteiger partial charge in [0.15, 0.2) is 0 Å². The molecular formula is C40H44O22S5. The first-order valence-electron chi connectivity index (χ1n) is 18.0. The van der Waals surface area contributed by atoms with Crippen LogP contribution in [0.5, 0.6) is 0 Å². The first-order valence-corrected chi connectivity index (χ1v) is 25.2. The highest BCUT2D eigenvalue weighted by Gasteiger charge is 2.16. The minimum Gasteiger partial charge on any atom is -0.478 e. The molecule has 5 aromatic rings. The van der Waals surface area contributed by atoms with Gasteiger partial charge in [0.05, 0.1) is 48.8 Å². The highest BCUT2D eigenvalue weighted by Crippen LogP contribution is 2.18. The Labute approximate surface area is 385 Å². The van der Waals surface area contributed by atoms with Gasteiger partial charge in [0.25, 0.3) is 50.6 Å². The van der Waals surface area contributed by atoms with Crippen LogP contribution in [-0.4, -0.2) is 104 Å². The summed E-state index contributed by atoms with van der Waals surface area (Å²) < 4.78 is 151. The number of hydrogen-bond donors (Lipinski definition) is 9. The summed E-state index contributed by atoms with van der Waals surface area (Å²) in [6.07, 6.45) is 0.529. The van der Waals surface area contributed by atoms with Crippen LogP contribution >= 0.6 is 0 Å². The van der Waals surface area contributed by atoms with Crippen molar-refractivity contribution in [1.29, 1.82) is 0 Å². The maximum atomic E-state index is 10.8. The highest BCUT2D eigenvalue weighted by molar-refractivity contribution is 7.86. The fraction of sp³-hybridized carbons (Fsp3) is 0.175. The van der Waals surface area contributed by atoms with Crippen LogP contribution in [0.15, 0.2) is 115 Å². The van der Waals surface area contributed by atoms with Crippen molar-refractivity contribution in [2.75, 3.05) is 0 Å². The van der Waals surface area contributed by atoms with Gasteiger partial charge in [0, 0.05) is 5.56 Å². The van der Waals surface area contributed by atoms with Crippen LogP contribution in [0.25, 0.3) is 0 Å². The van der Waals surface area contributed by atoms with Crippen molar-refractivity contribution in [1.82, 2.24) is 0 Å². The number of aliphatic hydroxyl groups excluding tert-OH is 2. The summed E-state index contributed by atoms with van der Waals surface area (Å²) in [4.78, 5) is 30.1. The Balaban J connectivity index is 0.000000420. The van der Waals surface area contributed by atoms with Gasteiger partial charge in [-0.05, 0) is 152 Å². The lowest BCUT2D eigenvalue weighted by molar-refractivity contribution is 0.0685. The van der Waals surface area contributed by atoms with E-state index < -0.39 is 78.9 Å². The molecule has 0 bridgehead atoms. The standard InChI is InChI=1S/C8H8O6S.C8H8O5S.C8H10O4S.C8H8O4S.C8H10O3S/c9-4-5-1-6(8(10)11)3-7(2-5)15(12,13)14;1-5-2-6(8(9)10)4-7(3-5)14(11,12)13;2*1-6-2-7(5-9)4-8(3-6)13(10,11)12;1-6-3-7(2)5-8(4-6)12(9,10)11/h1-3,9H,4H2,(H,10,11)(H,12,13,14);2-4H,1H3,(H,9,10)(H,11,12,13);2-4,9H,5H2,1H3,(H,10,11,12);2-5H,1H3,(H,10,11,12);3-5H,1-2H3,(H,9,10,11). The van der Waals surface area contributed by atoms with E-state index in [1.54, 1.807) is 40.7 Å². The van der Waals surface area contributed by atoms with Crippen molar-refractivity contribution in [3.63, 3.8) is 0 Å². The second-order valence-electron chi connectivity index (χ2n) is 13.9. The number of rotatable bonds is 10. The van der Waals surface area contributed by atoms with Crippen molar-refractivity contribution >= 4 is 68.8 Å². The molecule has 0 aliphatic rings. The van der Waals surface area contributed by atoms with Crippen LogP contribution in [0.1, 0.15) is 70.0 Å². The fourth-order valence-electron chi connectivity index (χ4n) is 5.18. The molecule has 0 fully saturated rings. The van der Waals surface area contributed by atoms with Gasteiger partial charge >= 0.3 is 11.9 Å². The third-order valence-corrected chi connectivity index (χ3v) is 12.0. The zero-order chi connectivity index (χ0) is 52.0. The number of benzene rings is 5. The summed E-state index contributed by atoms with van der Waals surface area (Å²) in [6, 6.07) is 19.2. The molecular weight excluding hydrogens is 993 g/mol. The summed E-state index contributed by atoms with van der Waals surface area (Å²) >= 11 is 0. The van der Waals surface area contributed by atoms with Crippen LogP contribution in [0, 0.1) is 34.6 Å². The van der Waals surface area contributed by atoms with Crippen molar-refractivity contribution in [2.24, 2.45) is 0 Å². The number of carbonyl (C=O) groups excluding carboxylic acids is 1. The van der Waals surface area contributed by atoms with E-state index in [0.29, 0.717) is 28.5 Å². The third kappa shape index (κ3) is 21.1. The molecule has 0 spiro atoms. The Morgan fingerprint density at radius 3 is 1.00 bits per heavy atom. The molecule has 366 valence electrons. The van der Waals surface area contributed by atoms with Crippen molar-refractivity contribution < 1.29 is 99.7 Å². The van der Waals surface area contributed by atoms with Gasteiger partial charge in [-0.2, -0.15) is 42.1 Å². The van der Waals surface area contributed by atoms with Gasteiger partial charge in [-0.15, -0.1) is 0 Å². The van der Waals surface area contributed by atoms with Gasteiger partial charge in [0.1, 0.15) is 6.29 Å². The topological polar surface area (TPSA) is 404 Å². The maximum absolute atomic E-state index is 10.8. The lowest BCUT2D eigenvalue weighted by atomic mass is 10.1. The van der Waals surface area contributed by atoms with E-state index in [-0.39, 0.29) is 43.5 Å². The molecule has 0 aliphatic heterocycles. The van der Waals surface area contributed by atoms with Crippen molar-refractivity contribution in [3.8, 4) is 0 Å². The van der Waals surface area contributed by atoms with Crippen LogP contribution < -0.4 is 0 Å². The van der Waals surface area contributed by atoms with Crippen LogP contribution in [-0.2, 0) is 63.8 Å². The number of carboxylic acid groups (broad SMARTS) is 2. The van der Waals surface area contributed by atoms with Gasteiger partial charge in [-0.3, -0.25) is 27.6 Å². The molecule has 0 aliphatic carbocycles. The first kappa shape index (κ1) is 59.2. The molecule has 0 heterocycles. The minimum atomic E-state index is -4.47. The zero-order valence-corrected chi connectivity index (χ0v) is 39.6. The Morgan fingerprint density at radius 2 is 0.657 bits per heavy atom. The molecule has 9 N–H and O–H groups in total. The molecule has 5 rings (SSSR count). The summed E-state index contributed by atoms with van der Waals surface area (Å²) in [5, 5.41) is 34.8. The normalized spacial score (nSPS) is 11.4. The number of hydrogen-bond acceptors (Lipinski definition) is 15. The average molecular weight is 1040 g/mol. The Kier molecular flexibility index (Phi) is 21.4. The van der Waals surface area contributed by atoms with Crippen molar-refractivity contribution in [2.45, 2.75) is 72.3 Å². The number of aldehydes is 1. The molecule has 27 heteroatoms. The Bertz CT molecular complexity index is 3180. The second kappa shape index (κ2) is 24.3. The van der Waals surface area contributed by atoms with E-state index >= 15 is 0 Å². The van der Waals surface area contributed by atoms with E-state index in [1.807, 2.05) is 6.07 Å². The maximum Gasteiger partial charge on any atom is 0.335 e. The van der Waals surface area contributed by atoms with Gasteiger partial charge in [-0.25, -0.2) is 9.59 Å². The summed E-state index contributed by atoms with van der Waals surface area (Å²) in [6.45, 7) is 7.67. The average Bonchev–Trinajstić information content (AvgIpc) is 3.19. The Hall–Kier alpha value is -5.82. The third-order valence-electron chi connectivity index (χ3n) is 7.88. The second-order valence-corrected chi connectivity index (χ2v) is 21.0. The fourth-order valence-corrected chi connectivity index (χ4v) is 8.30. The lowest BCUT2D eigenvalue weighted by Crippen LogP contribution is -2.04. The molecule has 22 nitrogen and oxygen atoms in total. The van der Waals surface area contributed by atoms with Crippen LogP contribution in [0.4, 0.5) is 0 Å². The molecule has 0 atom stereocenters. The van der Waals surface area contributed by atoms with Crippen LogP contribution in [0.3, 0.4) is 0 Å². The summed E-state index contributed by atoms with van der Waals surface area (Å²) in [5.74, 6) is -2.58. The predicted molar refractivity (Wildman–Crippen MR) is 236 cm³/mol. The summed E-state index contributed by atoms with van der Waals surface area (Å²) in [7, 11) is -21.2. The number of aliphatic hydroxyl groups is 2. The number of aryl methyl sites for hydroxylation is 5. The summed E-state index contributed by atoms with van der Waals surface area (Å²) in [5.41, 5.74) is 3.70. The largest absolute Gasteiger partial charge is 0.478 e. The molecule has 0 amide bonds. The Morgan fingerprint density at radius 1 is 0.388 bits per heavy atom. The smallest absolute Gasteiger partial charge is 0.335 e. The molecule has 0 aromatic heterocycles. The number of aromatic carboxylic acids is 2. The van der Waals surface area contributed by atoms with Gasteiger partial charge < -0.3 is 20.4 Å². The first-order chi connectivity index (χ1) is 30.4. The quantitative estimate of drug-likeness (QED) is 0.0691. The van der Waals surface area contributed by atoms with E-state index in [2.05, 4.69) is 0 Å². The number of carboxylic acids is 2. The minimum absolute atomic E-state index is 0.0417. The molecule has 5 aromatic carbocycles. The van der Waals surface area contributed by atoms with Crippen molar-refractivity contribution in [3.05, 3.63) is 147 Å². The molecule has 0 saturated carbocycles. The number of carbonyl (C=O) groups is 3. The van der Waals surface area contributed by atoms with Gasteiger partial charge in [-0.1, -0.05) is 12.1 Å². The van der Waals surface area contributed by atoms with Crippen LogP contribution in [0.2, 0.25) is 0 Å². The molecule has 67 heavy (non-hydrogen) atoms. The molecule has 0 unspecified atom stereocenters. The van der Waals surface area contributed by atoms with E-state index in [0.717, 1.165) is 41.5 Å². The monoisotopic (exact) mass is 1040 g/mol. The molecule has 0 saturated heterocycles. The lowest BCUT2D eigenvalue weighted by Gasteiger charge is -2.03. The van der Waals surface area contributed by atoms with E-state index in [9.17, 15) is 56.5 Å². The van der Waals surface area contributed by atoms with E-state index in [1.165, 1.54) is 48.5 Å².